The highest BCUT2D eigenvalue weighted by molar-refractivity contribution is 7.12. The van der Waals surface area contributed by atoms with Crippen molar-refractivity contribution in [1.29, 1.82) is 0 Å². The van der Waals surface area contributed by atoms with Crippen LogP contribution in [0.15, 0.2) is 41.8 Å². The van der Waals surface area contributed by atoms with E-state index in [1.54, 1.807) is 12.1 Å². The Morgan fingerprint density at radius 1 is 1.10 bits per heavy atom. The van der Waals surface area contributed by atoms with E-state index >= 15 is 0 Å². The lowest BCUT2D eigenvalue weighted by Gasteiger charge is -2.36. The Bertz CT molecular complexity index is 1010. The van der Waals surface area contributed by atoms with Gasteiger partial charge < -0.3 is 9.80 Å². The van der Waals surface area contributed by atoms with Crippen molar-refractivity contribution in [1.82, 2.24) is 14.9 Å². The Labute approximate surface area is 173 Å². The van der Waals surface area contributed by atoms with E-state index < -0.39 is 0 Å². The monoisotopic (exact) mass is 410 g/mol. The summed E-state index contributed by atoms with van der Waals surface area (Å²) in [5.74, 6) is 1.46. The summed E-state index contributed by atoms with van der Waals surface area (Å²) in [4.78, 5) is 26.7. The number of rotatable bonds is 4. The van der Waals surface area contributed by atoms with Gasteiger partial charge in [-0.25, -0.2) is 14.4 Å². The smallest absolute Gasteiger partial charge is 0.264 e. The summed E-state index contributed by atoms with van der Waals surface area (Å²) in [6.07, 6.45) is 0.577. The molecule has 7 heteroatoms. The second-order valence-electron chi connectivity index (χ2n) is 7.22. The quantitative estimate of drug-likeness (QED) is 0.656. The minimum atomic E-state index is -0.240. The van der Waals surface area contributed by atoms with Crippen molar-refractivity contribution in [2.75, 3.05) is 31.1 Å². The number of piperazine rings is 1. The van der Waals surface area contributed by atoms with Crippen LogP contribution >= 0.6 is 11.3 Å². The maximum absolute atomic E-state index is 13.6. The maximum atomic E-state index is 13.6. The summed E-state index contributed by atoms with van der Waals surface area (Å²) < 4.78 is 13.6. The maximum Gasteiger partial charge on any atom is 0.264 e. The van der Waals surface area contributed by atoms with Crippen molar-refractivity contribution in [3.63, 3.8) is 0 Å². The van der Waals surface area contributed by atoms with Crippen LogP contribution < -0.4 is 4.90 Å². The number of nitrogens with zero attached hydrogens (tertiary/aromatic N) is 4. The molecule has 0 atom stereocenters. The Balaban J connectivity index is 1.55. The molecule has 3 heterocycles. The summed E-state index contributed by atoms with van der Waals surface area (Å²) >= 11 is 1.47. The van der Waals surface area contributed by atoms with Crippen LogP contribution in [0.25, 0.3) is 0 Å². The molecule has 1 amide bonds. The van der Waals surface area contributed by atoms with Gasteiger partial charge in [-0.05, 0) is 43.0 Å². The zero-order chi connectivity index (χ0) is 20.4. The molecule has 0 unspecified atom stereocenters. The van der Waals surface area contributed by atoms with Gasteiger partial charge in [0, 0.05) is 43.9 Å². The highest BCUT2D eigenvalue weighted by Gasteiger charge is 2.25. The van der Waals surface area contributed by atoms with Crippen molar-refractivity contribution in [2.45, 2.75) is 20.3 Å². The van der Waals surface area contributed by atoms with Gasteiger partial charge in [-0.1, -0.05) is 18.2 Å². The van der Waals surface area contributed by atoms with Gasteiger partial charge >= 0.3 is 0 Å². The average molecular weight is 411 g/mol. The van der Waals surface area contributed by atoms with Crippen molar-refractivity contribution in [2.24, 2.45) is 0 Å². The molecule has 0 radical (unpaired) electrons. The SMILES string of the molecule is Cc1nc(C)c(Cc2cccc(F)c2)c(N2CCN(C(=O)c3cccs3)CC2)n1. The molecular formula is C22H23FN4OS. The van der Waals surface area contributed by atoms with Gasteiger partial charge in [-0.3, -0.25) is 4.79 Å². The van der Waals surface area contributed by atoms with Crippen molar-refractivity contribution < 1.29 is 9.18 Å². The molecule has 0 saturated carbocycles. The van der Waals surface area contributed by atoms with Gasteiger partial charge in [0.25, 0.3) is 5.91 Å². The number of carbonyl (C=O) groups is 1. The second kappa shape index (κ2) is 8.29. The van der Waals surface area contributed by atoms with Crippen molar-refractivity contribution in [3.05, 3.63) is 75.1 Å². The Morgan fingerprint density at radius 2 is 1.90 bits per heavy atom. The Morgan fingerprint density at radius 3 is 2.59 bits per heavy atom. The summed E-state index contributed by atoms with van der Waals surface area (Å²) in [7, 11) is 0. The van der Waals surface area contributed by atoms with Crippen LogP contribution in [0, 0.1) is 19.7 Å². The molecule has 150 valence electrons. The highest BCUT2D eigenvalue weighted by Crippen LogP contribution is 2.26. The minimum Gasteiger partial charge on any atom is -0.353 e. The van der Waals surface area contributed by atoms with Gasteiger partial charge in [0.05, 0.1) is 4.88 Å². The first-order chi connectivity index (χ1) is 14.0. The van der Waals surface area contributed by atoms with E-state index in [0.717, 1.165) is 33.3 Å². The standard InChI is InChI=1S/C22H23FN4OS/c1-15-19(14-17-5-3-6-18(23)13-17)21(25-16(2)24-15)26-8-10-27(11-9-26)22(28)20-7-4-12-29-20/h3-7,12-13H,8-11,14H2,1-2H3. The first-order valence-electron chi connectivity index (χ1n) is 9.67. The Hall–Kier alpha value is -2.80. The lowest BCUT2D eigenvalue weighted by atomic mass is 10.0. The number of anilines is 1. The number of benzene rings is 1. The summed E-state index contributed by atoms with van der Waals surface area (Å²) in [5.41, 5.74) is 2.82. The van der Waals surface area contributed by atoms with Crippen LogP contribution in [-0.4, -0.2) is 47.0 Å². The molecule has 4 rings (SSSR count). The highest BCUT2D eigenvalue weighted by atomic mass is 32.1. The second-order valence-corrected chi connectivity index (χ2v) is 8.17. The van der Waals surface area contributed by atoms with E-state index in [2.05, 4.69) is 9.88 Å². The number of aryl methyl sites for hydroxylation is 2. The van der Waals surface area contributed by atoms with Crippen molar-refractivity contribution in [3.8, 4) is 0 Å². The van der Waals surface area contributed by atoms with E-state index in [4.69, 9.17) is 4.98 Å². The van der Waals surface area contributed by atoms with Crippen LogP contribution in [0.1, 0.15) is 32.3 Å². The van der Waals surface area contributed by atoms with Crippen LogP contribution in [0.4, 0.5) is 10.2 Å². The van der Waals surface area contributed by atoms with Crippen LogP contribution in [0.5, 0.6) is 0 Å². The fourth-order valence-electron chi connectivity index (χ4n) is 3.71. The third-order valence-electron chi connectivity index (χ3n) is 5.17. The molecule has 5 nitrogen and oxygen atoms in total. The summed E-state index contributed by atoms with van der Waals surface area (Å²) in [6.45, 7) is 6.59. The number of hydrogen-bond acceptors (Lipinski definition) is 5. The third-order valence-corrected chi connectivity index (χ3v) is 6.03. The molecule has 29 heavy (non-hydrogen) atoms. The largest absolute Gasteiger partial charge is 0.353 e. The molecule has 1 aromatic carbocycles. The first-order valence-corrected chi connectivity index (χ1v) is 10.6. The molecular weight excluding hydrogens is 387 g/mol. The van der Waals surface area contributed by atoms with E-state index in [-0.39, 0.29) is 11.7 Å². The molecule has 1 saturated heterocycles. The molecule has 0 spiro atoms. The summed E-state index contributed by atoms with van der Waals surface area (Å²) in [6, 6.07) is 10.4. The van der Waals surface area contributed by atoms with Gasteiger partial charge in [0.15, 0.2) is 0 Å². The lowest BCUT2D eigenvalue weighted by molar-refractivity contribution is 0.0751. The predicted octanol–water partition coefficient (Wildman–Crippen LogP) is 3.85. The zero-order valence-electron chi connectivity index (χ0n) is 16.6. The number of amides is 1. The van der Waals surface area contributed by atoms with E-state index in [9.17, 15) is 9.18 Å². The van der Waals surface area contributed by atoms with E-state index in [1.807, 2.05) is 42.3 Å². The van der Waals surface area contributed by atoms with Gasteiger partial charge in [0.2, 0.25) is 0 Å². The predicted molar refractivity (Wildman–Crippen MR) is 113 cm³/mol. The van der Waals surface area contributed by atoms with Crippen LogP contribution in [-0.2, 0) is 6.42 Å². The fraction of sp³-hybridized carbons (Fsp3) is 0.318. The van der Waals surface area contributed by atoms with E-state index in [1.165, 1.54) is 17.4 Å². The number of thiophene rings is 1. The summed E-state index contributed by atoms with van der Waals surface area (Å²) in [5, 5.41) is 1.93. The number of hydrogen-bond donors (Lipinski definition) is 0. The molecule has 0 N–H and O–H groups in total. The molecule has 3 aromatic rings. The zero-order valence-corrected chi connectivity index (χ0v) is 17.4. The molecule has 0 bridgehead atoms. The number of carbonyl (C=O) groups excluding carboxylic acids is 1. The lowest BCUT2D eigenvalue weighted by Crippen LogP contribution is -2.49. The fourth-order valence-corrected chi connectivity index (χ4v) is 4.41. The molecule has 2 aromatic heterocycles. The number of aromatic nitrogens is 2. The topological polar surface area (TPSA) is 49.3 Å². The normalized spacial score (nSPS) is 14.3. The van der Waals surface area contributed by atoms with Crippen LogP contribution in [0.3, 0.4) is 0 Å². The Kier molecular flexibility index (Phi) is 5.58. The minimum absolute atomic E-state index is 0.0923. The molecule has 1 aliphatic heterocycles. The third kappa shape index (κ3) is 4.29. The molecule has 1 aliphatic rings. The van der Waals surface area contributed by atoms with Gasteiger partial charge in [-0.15, -0.1) is 11.3 Å². The van der Waals surface area contributed by atoms with Crippen molar-refractivity contribution >= 4 is 23.1 Å². The van der Waals surface area contributed by atoms with E-state index in [0.29, 0.717) is 32.6 Å². The van der Waals surface area contributed by atoms with Crippen LogP contribution in [0.2, 0.25) is 0 Å². The molecule has 1 fully saturated rings. The average Bonchev–Trinajstić information content (AvgIpc) is 3.24. The van der Waals surface area contributed by atoms with Gasteiger partial charge in [0.1, 0.15) is 17.5 Å². The number of halogens is 1. The molecule has 0 aliphatic carbocycles. The van der Waals surface area contributed by atoms with Gasteiger partial charge in [-0.2, -0.15) is 0 Å². The first kappa shape index (κ1) is 19.5.